The largest absolute Gasteiger partial charge is 0.336 e. The van der Waals surface area contributed by atoms with E-state index in [1.165, 1.54) is 0 Å². The smallest absolute Gasteiger partial charge is 0.258 e. The molecule has 2 rings (SSSR count). The minimum atomic E-state index is -3.45. The Bertz CT molecular complexity index is 296. The SMILES string of the molecule is O=S1(=O)N[C@@H]2C=CCCC2CO1. The molecule has 1 aliphatic carbocycles. The van der Waals surface area contributed by atoms with Crippen molar-refractivity contribution < 1.29 is 12.6 Å². The molecule has 0 spiro atoms. The van der Waals surface area contributed by atoms with Crippen LogP contribution in [0.4, 0.5) is 0 Å². The van der Waals surface area contributed by atoms with E-state index >= 15 is 0 Å². The molecule has 0 bridgehead atoms. The molecule has 5 heteroatoms. The summed E-state index contributed by atoms with van der Waals surface area (Å²) in [5.74, 6) is 0.318. The van der Waals surface area contributed by atoms with Gasteiger partial charge in [0, 0.05) is 12.0 Å². The van der Waals surface area contributed by atoms with Crippen molar-refractivity contribution in [1.82, 2.24) is 4.72 Å². The summed E-state index contributed by atoms with van der Waals surface area (Å²) in [6.07, 6.45) is 5.94. The van der Waals surface area contributed by atoms with Crippen LogP contribution in [0.1, 0.15) is 12.8 Å². The predicted octanol–water partition coefficient (Wildman–Crippen LogP) is 0.186. The van der Waals surface area contributed by atoms with Gasteiger partial charge in [-0.3, -0.25) is 4.18 Å². The van der Waals surface area contributed by atoms with E-state index in [0.29, 0.717) is 12.5 Å². The molecule has 1 unspecified atom stereocenters. The molecule has 68 valence electrons. The highest BCUT2D eigenvalue weighted by atomic mass is 32.2. The maximum Gasteiger partial charge on any atom is 0.336 e. The fourth-order valence-corrected chi connectivity index (χ4v) is 2.62. The van der Waals surface area contributed by atoms with Gasteiger partial charge in [-0.15, -0.1) is 0 Å². The van der Waals surface area contributed by atoms with Gasteiger partial charge in [0.05, 0.1) is 6.61 Å². The number of hydrogen-bond donors (Lipinski definition) is 1. The van der Waals surface area contributed by atoms with Gasteiger partial charge < -0.3 is 0 Å². The van der Waals surface area contributed by atoms with Crippen LogP contribution in [0.3, 0.4) is 0 Å². The summed E-state index contributed by atoms with van der Waals surface area (Å²) in [5, 5.41) is 0. The van der Waals surface area contributed by atoms with E-state index in [2.05, 4.69) is 8.91 Å². The fraction of sp³-hybridized carbons (Fsp3) is 0.714. The van der Waals surface area contributed by atoms with Crippen LogP contribution in [0, 0.1) is 5.92 Å². The van der Waals surface area contributed by atoms with Crippen molar-refractivity contribution in [3.8, 4) is 0 Å². The monoisotopic (exact) mass is 189 g/mol. The average Bonchev–Trinajstić information content (AvgIpc) is 2.02. The van der Waals surface area contributed by atoms with Gasteiger partial charge in [-0.1, -0.05) is 12.2 Å². The predicted molar refractivity (Wildman–Crippen MR) is 43.7 cm³/mol. The first-order valence-corrected chi connectivity index (χ1v) is 5.41. The van der Waals surface area contributed by atoms with Gasteiger partial charge in [0.1, 0.15) is 0 Å². The van der Waals surface area contributed by atoms with Crippen molar-refractivity contribution in [2.24, 2.45) is 5.92 Å². The van der Waals surface area contributed by atoms with Crippen LogP contribution in [0.25, 0.3) is 0 Å². The molecule has 0 aromatic rings. The van der Waals surface area contributed by atoms with Crippen LogP contribution in [-0.2, 0) is 14.5 Å². The van der Waals surface area contributed by atoms with Gasteiger partial charge in [0.15, 0.2) is 0 Å². The molecular weight excluding hydrogens is 178 g/mol. The number of rotatable bonds is 0. The van der Waals surface area contributed by atoms with E-state index in [4.69, 9.17) is 0 Å². The molecule has 0 radical (unpaired) electrons. The summed E-state index contributed by atoms with van der Waals surface area (Å²) < 4.78 is 29.0. The quantitative estimate of drug-likeness (QED) is 0.553. The molecule has 12 heavy (non-hydrogen) atoms. The van der Waals surface area contributed by atoms with Gasteiger partial charge in [-0.2, -0.15) is 13.1 Å². The number of nitrogens with one attached hydrogen (secondary N) is 1. The van der Waals surface area contributed by atoms with Gasteiger partial charge in [-0.25, -0.2) is 0 Å². The van der Waals surface area contributed by atoms with Gasteiger partial charge >= 0.3 is 10.3 Å². The van der Waals surface area contributed by atoms with E-state index in [0.717, 1.165) is 12.8 Å². The summed E-state index contributed by atoms with van der Waals surface area (Å²) in [4.78, 5) is 0. The van der Waals surface area contributed by atoms with Gasteiger partial charge in [0.2, 0.25) is 0 Å². The molecule has 1 aliphatic heterocycles. The summed E-state index contributed by atoms with van der Waals surface area (Å²) in [6.45, 7) is 0.324. The highest BCUT2D eigenvalue weighted by Crippen LogP contribution is 2.23. The second kappa shape index (κ2) is 2.83. The Morgan fingerprint density at radius 2 is 2.33 bits per heavy atom. The molecule has 2 aliphatic rings. The number of fused-ring (bicyclic) bond motifs is 1. The lowest BCUT2D eigenvalue weighted by molar-refractivity contribution is 0.190. The second-order valence-corrected chi connectivity index (χ2v) is 4.53. The lowest BCUT2D eigenvalue weighted by atomic mass is 9.91. The molecule has 1 fully saturated rings. The third-order valence-electron chi connectivity index (χ3n) is 2.27. The fourth-order valence-electron chi connectivity index (χ4n) is 1.59. The zero-order valence-corrected chi connectivity index (χ0v) is 7.38. The third kappa shape index (κ3) is 1.53. The van der Waals surface area contributed by atoms with Crippen molar-refractivity contribution in [1.29, 1.82) is 0 Å². The highest BCUT2D eigenvalue weighted by Gasteiger charge is 2.32. The van der Waals surface area contributed by atoms with Crippen LogP contribution in [-0.4, -0.2) is 21.1 Å². The minimum Gasteiger partial charge on any atom is -0.258 e. The van der Waals surface area contributed by atoms with Crippen LogP contribution in [0.5, 0.6) is 0 Å². The Balaban J connectivity index is 2.18. The van der Waals surface area contributed by atoms with Crippen molar-refractivity contribution in [3.63, 3.8) is 0 Å². The first-order chi connectivity index (χ1) is 5.67. The van der Waals surface area contributed by atoms with Crippen LogP contribution < -0.4 is 4.72 Å². The topological polar surface area (TPSA) is 55.4 Å². The zero-order chi connectivity index (χ0) is 8.60. The molecule has 0 aromatic heterocycles. The lowest BCUT2D eigenvalue weighted by Crippen LogP contribution is -2.47. The van der Waals surface area contributed by atoms with Crippen molar-refractivity contribution in [3.05, 3.63) is 12.2 Å². The lowest BCUT2D eigenvalue weighted by Gasteiger charge is -2.31. The molecule has 0 saturated carbocycles. The Kier molecular flexibility index (Phi) is 1.94. The standard InChI is InChI=1S/C7H11NO3S/c9-12(10)8-7-4-2-1-3-6(7)5-11-12/h2,4,6-8H,1,3,5H2/t6?,7-/m1/s1. The molecule has 1 N–H and O–H groups in total. The number of allylic oxidation sites excluding steroid dienone is 1. The first kappa shape index (κ1) is 8.22. The maximum atomic E-state index is 10.9. The molecule has 2 atom stereocenters. The van der Waals surface area contributed by atoms with Crippen LogP contribution in [0.2, 0.25) is 0 Å². The van der Waals surface area contributed by atoms with E-state index in [-0.39, 0.29) is 6.04 Å². The molecule has 4 nitrogen and oxygen atoms in total. The summed E-state index contributed by atoms with van der Waals surface area (Å²) in [5.41, 5.74) is 0. The van der Waals surface area contributed by atoms with E-state index < -0.39 is 10.3 Å². The Hall–Kier alpha value is -0.390. The molecule has 1 saturated heterocycles. The summed E-state index contributed by atoms with van der Waals surface area (Å²) in [7, 11) is -3.45. The van der Waals surface area contributed by atoms with Crippen molar-refractivity contribution >= 4 is 10.3 Å². The van der Waals surface area contributed by atoms with Crippen LogP contribution >= 0.6 is 0 Å². The van der Waals surface area contributed by atoms with E-state index in [1.54, 1.807) is 0 Å². The van der Waals surface area contributed by atoms with E-state index in [9.17, 15) is 8.42 Å². The third-order valence-corrected chi connectivity index (χ3v) is 3.28. The number of hydrogen-bond acceptors (Lipinski definition) is 3. The highest BCUT2D eigenvalue weighted by molar-refractivity contribution is 7.84. The Labute approximate surface area is 71.9 Å². The molecule has 0 amide bonds. The maximum absolute atomic E-state index is 10.9. The second-order valence-electron chi connectivity index (χ2n) is 3.15. The molecule has 0 aromatic carbocycles. The Morgan fingerprint density at radius 3 is 3.17 bits per heavy atom. The molecule has 1 heterocycles. The first-order valence-electron chi connectivity index (χ1n) is 4.01. The van der Waals surface area contributed by atoms with Crippen molar-refractivity contribution in [2.75, 3.05) is 6.61 Å². The van der Waals surface area contributed by atoms with E-state index in [1.807, 2.05) is 12.2 Å². The average molecular weight is 189 g/mol. The summed E-state index contributed by atoms with van der Waals surface area (Å²) in [6, 6.07) is -0.0440. The summed E-state index contributed by atoms with van der Waals surface area (Å²) >= 11 is 0. The van der Waals surface area contributed by atoms with Crippen LogP contribution in [0.15, 0.2) is 12.2 Å². The Morgan fingerprint density at radius 1 is 1.50 bits per heavy atom. The van der Waals surface area contributed by atoms with Gasteiger partial charge in [-0.05, 0) is 12.8 Å². The zero-order valence-electron chi connectivity index (χ0n) is 6.56. The normalized spacial score (nSPS) is 39.0. The minimum absolute atomic E-state index is 0.0440. The molecular formula is C7H11NO3S. The van der Waals surface area contributed by atoms with Gasteiger partial charge in [0.25, 0.3) is 0 Å². The van der Waals surface area contributed by atoms with Crippen molar-refractivity contribution in [2.45, 2.75) is 18.9 Å².